The monoisotopic (exact) mass is 410 g/mol. The first-order chi connectivity index (χ1) is 14.4. The van der Waals surface area contributed by atoms with Gasteiger partial charge >= 0.3 is 0 Å². The number of rotatable bonds is 12. The van der Waals surface area contributed by atoms with Gasteiger partial charge in [0, 0.05) is 38.5 Å². The lowest BCUT2D eigenvalue weighted by atomic mass is 10.1. The summed E-state index contributed by atoms with van der Waals surface area (Å²) in [5, 5.41) is 30.9. The number of carbonyl (C=O) groups excluding carboxylic acids is 1. The molecule has 1 aromatic rings. The number of nitrogens with one attached hydrogen (secondary N) is 5. The molecule has 5 N–H and O–H groups in total. The van der Waals surface area contributed by atoms with Crippen LogP contribution in [-0.2, 0) is 11.3 Å². The Morgan fingerprint density at radius 2 is 2.03 bits per heavy atom. The maximum atomic E-state index is 12.8. The van der Waals surface area contributed by atoms with Crippen LogP contribution in [0.2, 0.25) is 0 Å². The molecule has 0 bridgehead atoms. The fourth-order valence-corrected chi connectivity index (χ4v) is 2.34. The minimum atomic E-state index is -0.494. The maximum Gasteiger partial charge on any atom is 0.278 e. The van der Waals surface area contributed by atoms with Crippen LogP contribution in [0.15, 0.2) is 51.9 Å². The predicted molar refractivity (Wildman–Crippen MR) is 121 cm³/mol. The molecule has 10 nitrogen and oxygen atoms in total. The van der Waals surface area contributed by atoms with Crippen molar-refractivity contribution in [3.05, 3.63) is 58.1 Å². The molecule has 1 rings (SSSR count). The Balaban J connectivity index is 3.09. The van der Waals surface area contributed by atoms with Crippen LogP contribution in [0, 0.1) is 16.2 Å². The van der Waals surface area contributed by atoms with Crippen molar-refractivity contribution in [2.24, 2.45) is 4.99 Å². The third-order valence-electron chi connectivity index (χ3n) is 4.04. The summed E-state index contributed by atoms with van der Waals surface area (Å²) < 4.78 is 1.02. The van der Waals surface area contributed by atoms with E-state index in [4.69, 9.17) is 16.2 Å². The van der Waals surface area contributed by atoms with Crippen molar-refractivity contribution >= 4 is 36.5 Å². The zero-order valence-corrected chi connectivity index (χ0v) is 17.0. The average molecular weight is 410 g/mol. The molecule has 1 aromatic heterocycles. The van der Waals surface area contributed by atoms with Gasteiger partial charge in [-0.2, -0.15) is 5.10 Å². The van der Waals surface area contributed by atoms with Gasteiger partial charge in [0.25, 0.3) is 5.56 Å². The second kappa shape index (κ2) is 12.5. The summed E-state index contributed by atoms with van der Waals surface area (Å²) in [6.45, 7) is 5.26. The van der Waals surface area contributed by atoms with Gasteiger partial charge in [-0.3, -0.25) is 14.6 Å². The highest BCUT2D eigenvalue weighted by atomic mass is 16.2. The van der Waals surface area contributed by atoms with Crippen LogP contribution in [0.25, 0.3) is 0 Å². The summed E-state index contributed by atoms with van der Waals surface area (Å²) in [4.78, 5) is 29.3. The zero-order chi connectivity index (χ0) is 22.5. The molecule has 0 fully saturated rings. The number of amides is 1. The quantitative estimate of drug-likeness (QED) is 0.259. The molecule has 10 heteroatoms. The highest BCUT2D eigenvalue weighted by Gasteiger charge is 2.12. The van der Waals surface area contributed by atoms with E-state index in [2.05, 4.69) is 27.3 Å². The number of aliphatic imine (C=N–C) groups is 1. The van der Waals surface area contributed by atoms with E-state index in [-0.39, 0.29) is 24.7 Å². The Hall–Kier alpha value is -3.95. The van der Waals surface area contributed by atoms with Crippen molar-refractivity contribution in [3.8, 4) is 0 Å². The number of nitrogens with zero attached hydrogens (tertiary/aromatic N) is 3. The van der Waals surface area contributed by atoms with E-state index in [1.807, 2.05) is 6.92 Å². The summed E-state index contributed by atoms with van der Waals surface area (Å²) in [6.07, 6.45) is 10.6. The second-order valence-corrected chi connectivity index (χ2v) is 6.01. The molecule has 0 aliphatic rings. The summed E-state index contributed by atoms with van der Waals surface area (Å²) >= 11 is 0. The van der Waals surface area contributed by atoms with Crippen molar-refractivity contribution < 1.29 is 4.79 Å². The number of hydrogen-bond donors (Lipinski definition) is 5. The van der Waals surface area contributed by atoms with Crippen molar-refractivity contribution in [2.75, 3.05) is 18.9 Å². The largest absolute Gasteiger partial charge is 0.386 e. The van der Waals surface area contributed by atoms with E-state index in [1.54, 1.807) is 19.2 Å². The molecule has 0 aromatic carbocycles. The Morgan fingerprint density at radius 1 is 1.33 bits per heavy atom. The van der Waals surface area contributed by atoms with Gasteiger partial charge in [0.1, 0.15) is 6.54 Å². The van der Waals surface area contributed by atoms with Crippen LogP contribution in [0.1, 0.15) is 12.5 Å². The normalized spacial score (nSPS) is 12.9. The van der Waals surface area contributed by atoms with E-state index in [0.717, 1.165) is 28.9 Å². The van der Waals surface area contributed by atoms with E-state index < -0.39 is 11.5 Å². The average Bonchev–Trinajstić information content (AvgIpc) is 2.75. The highest BCUT2D eigenvalue weighted by Crippen LogP contribution is 2.10. The van der Waals surface area contributed by atoms with Gasteiger partial charge in [-0.25, -0.2) is 4.68 Å². The van der Waals surface area contributed by atoms with Gasteiger partial charge in [-0.1, -0.05) is 12.7 Å². The van der Waals surface area contributed by atoms with E-state index in [1.165, 1.54) is 18.5 Å². The lowest BCUT2D eigenvalue weighted by Gasteiger charge is -2.11. The van der Waals surface area contributed by atoms with Gasteiger partial charge in [-0.05, 0) is 30.2 Å². The Morgan fingerprint density at radius 3 is 2.60 bits per heavy atom. The molecule has 0 spiro atoms. The van der Waals surface area contributed by atoms with Crippen LogP contribution in [0.4, 0.5) is 5.69 Å². The van der Waals surface area contributed by atoms with Crippen molar-refractivity contribution in [1.29, 1.82) is 16.2 Å². The minimum absolute atomic E-state index is 0.0660. The number of hydrogen-bond acceptors (Lipinski definition) is 8. The number of aromatic nitrogens is 2. The smallest absolute Gasteiger partial charge is 0.278 e. The first-order valence-electron chi connectivity index (χ1n) is 9.02. The third-order valence-corrected chi connectivity index (χ3v) is 4.04. The molecule has 158 valence electrons. The molecule has 0 saturated carbocycles. The number of allylic oxidation sites excluding steroid dienone is 2. The Labute approximate surface area is 174 Å². The highest BCUT2D eigenvalue weighted by molar-refractivity contribution is 5.88. The number of anilines is 1. The van der Waals surface area contributed by atoms with Crippen LogP contribution in [0.3, 0.4) is 0 Å². The molecular formula is C20H26N8O2. The molecule has 0 radical (unpaired) electrons. The van der Waals surface area contributed by atoms with Gasteiger partial charge < -0.3 is 26.9 Å². The Kier molecular flexibility index (Phi) is 10.0. The van der Waals surface area contributed by atoms with Crippen LogP contribution in [-0.4, -0.2) is 60.2 Å². The van der Waals surface area contributed by atoms with Gasteiger partial charge in [-0.15, -0.1) is 0 Å². The maximum absolute atomic E-state index is 12.8. The molecular weight excluding hydrogens is 384 g/mol. The van der Waals surface area contributed by atoms with Gasteiger partial charge in [0.2, 0.25) is 5.91 Å². The lowest BCUT2D eigenvalue weighted by molar-refractivity contribution is -0.121. The third kappa shape index (κ3) is 6.89. The van der Waals surface area contributed by atoms with Crippen LogP contribution >= 0.6 is 0 Å². The van der Waals surface area contributed by atoms with Gasteiger partial charge in [0.05, 0.1) is 23.5 Å². The molecule has 1 atom stereocenters. The minimum Gasteiger partial charge on any atom is -0.386 e. The first kappa shape index (κ1) is 24.1. The summed E-state index contributed by atoms with van der Waals surface area (Å²) in [6, 6.07) is -0.321. The summed E-state index contributed by atoms with van der Waals surface area (Å²) in [7, 11) is 1.65. The number of carbonyl (C=O) groups is 1. The van der Waals surface area contributed by atoms with Crippen molar-refractivity contribution in [3.63, 3.8) is 0 Å². The molecule has 0 saturated heterocycles. The molecule has 0 aliphatic heterocycles. The molecule has 0 unspecified atom stereocenters. The Bertz CT molecular complexity index is 956. The topological polar surface area (TPSA) is 160 Å². The van der Waals surface area contributed by atoms with Crippen molar-refractivity contribution in [2.45, 2.75) is 19.5 Å². The second-order valence-electron chi connectivity index (χ2n) is 6.01. The SMILES string of the molecule is C=C/C(=C\C=N)[C@@H](C)N=Cc1c(NC)cnn(CC(=O)NC/C(C=N)=C/C=N)c1=O. The van der Waals surface area contributed by atoms with Crippen LogP contribution in [0.5, 0.6) is 0 Å². The van der Waals surface area contributed by atoms with Gasteiger partial charge in [0.15, 0.2) is 0 Å². The van der Waals surface area contributed by atoms with E-state index in [0.29, 0.717) is 11.3 Å². The van der Waals surface area contributed by atoms with Crippen molar-refractivity contribution in [1.82, 2.24) is 15.1 Å². The van der Waals surface area contributed by atoms with E-state index in [9.17, 15) is 9.59 Å². The fraction of sp³-hybridized carbons (Fsp3) is 0.250. The summed E-state index contributed by atoms with van der Waals surface area (Å²) in [5.74, 6) is -0.460. The predicted octanol–water partition coefficient (Wildman–Crippen LogP) is 1.20. The first-order valence-corrected chi connectivity index (χ1v) is 9.02. The van der Waals surface area contributed by atoms with E-state index >= 15 is 0 Å². The molecule has 1 amide bonds. The summed E-state index contributed by atoms with van der Waals surface area (Å²) in [5.41, 5.74) is 1.38. The zero-order valence-electron chi connectivity index (χ0n) is 17.0. The lowest BCUT2D eigenvalue weighted by Crippen LogP contribution is -2.36. The standard InChI is InChI=1S/C20H26N8O2/c1-4-16(6-8-22)14(2)25-11-17-18(24-3)12-27-28(20(17)30)13-19(29)26-10-15(9-23)5-7-21/h4-9,11-12,14,21-24H,1,10,13H2,2-3H3,(H,26,29)/b15-5+,16-6+,21-7?,22-8?,23-9?,25-11?/t14-/m1/s1. The molecule has 1 heterocycles. The molecule has 30 heavy (non-hydrogen) atoms. The van der Waals surface area contributed by atoms with Crippen LogP contribution < -0.4 is 16.2 Å². The fourth-order valence-electron chi connectivity index (χ4n) is 2.34. The molecule has 0 aliphatic carbocycles.